The van der Waals surface area contributed by atoms with E-state index in [1.807, 2.05) is 55.3 Å². The molecule has 2 aromatic rings. The molecule has 1 atom stereocenters. The number of hydrogen-bond donors (Lipinski definition) is 1. The summed E-state index contributed by atoms with van der Waals surface area (Å²) >= 11 is 13.4. The van der Waals surface area contributed by atoms with Crippen molar-refractivity contribution in [1.82, 2.24) is 10.2 Å². The van der Waals surface area contributed by atoms with Crippen molar-refractivity contribution in [3.05, 3.63) is 56.2 Å². The summed E-state index contributed by atoms with van der Waals surface area (Å²) in [5.41, 5.74) is 0.994. The van der Waals surface area contributed by atoms with Gasteiger partial charge in [-0.05, 0) is 43.8 Å². The van der Waals surface area contributed by atoms with Crippen LogP contribution in [0, 0.1) is 0 Å². The minimum atomic E-state index is -0.0733. The van der Waals surface area contributed by atoms with Gasteiger partial charge in [0.25, 0.3) is 0 Å². The molecular formula is C16H18Cl2N2OS. The first-order valence-corrected chi connectivity index (χ1v) is 8.49. The zero-order valence-corrected chi connectivity index (χ0v) is 14.8. The molecule has 2 rings (SSSR count). The second-order valence-corrected chi connectivity index (χ2v) is 7.46. The monoisotopic (exact) mass is 356 g/mol. The summed E-state index contributed by atoms with van der Waals surface area (Å²) in [7, 11) is 1.91. The van der Waals surface area contributed by atoms with Crippen molar-refractivity contribution in [2.45, 2.75) is 19.5 Å². The third kappa shape index (κ3) is 5.29. The number of likely N-dealkylation sites (N-methyl/N-ethyl adjacent to an activating group) is 1. The average Bonchev–Trinajstić information content (AvgIpc) is 2.83. The molecule has 1 aromatic heterocycles. The maximum Gasteiger partial charge on any atom is 0.234 e. The topological polar surface area (TPSA) is 32.3 Å². The third-order valence-electron chi connectivity index (χ3n) is 3.19. The molecule has 1 amide bonds. The molecule has 0 aliphatic rings. The highest BCUT2D eigenvalue weighted by molar-refractivity contribution is 7.16. The minimum Gasteiger partial charge on any atom is -0.348 e. The number of thiophene rings is 1. The van der Waals surface area contributed by atoms with Crippen LogP contribution in [0.5, 0.6) is 0 Å². The lowest BCUT2D eigenvalue weighted by Crippen LogP contribution is -2.36. The molecule has 1 unspecified atom stereocenters. The van der Waals surface area contributed by atoms with Gasteiger partial charge in [-0.25, -0.2) is 0 Å². The molecule has 0 spiro atoms. The van der Waals surface area contributed by atoms with Gasteiger partial charge in [0.15, 0.2) is 0 Å². The molecule has 22 heavy (non-hydrogen) atoms. The fourth-order valence-corrected chi connectivity index (χ4v) is 3.52. The number of hydrogen-bond acceptors (Lipinski definition) is 3. The van der Waals surface area contributed by atoms with Gasteiger partial charge in [0.1, 0.15) is 0 Å². The van der Waals surface area contributed by atoms with Crippen molar-refractivity contribution in [2.75, 3.05) is 13.6 Å². The van der Waals surface area contributed by atoms with Crippen LogP contribution < -0.4 is 5.32 Å². The van der Waals surface area contributed by atoms with E-state index in [1.54, 1.807) is 0 Å². The van der Waals surface area contributed by atoms with Gasteiger partial charge in [0, 0.05) is 16.4 Å². The van der Waals surface area contributed by atoms with Gasteiger partial charge in [-0.3, -0.25) is 9.69 Å². The Balaban J connectivity index is 1.84. The van der Waals surface area contributed by atoms with Crippen LogP contribution in [0.3, 0.4) is 0 Å². The second kappa shape index (κ2) is 7.97. The maximum atomic E-state index is 12.1. The van der Waals surface area contributed by atoms with Crippen LogP contribution in [0.25, 0.3) is 0 Å². The average molecular weight is 357 g/mol. The lowest BCUT2D eigenvalue weighted by molar-refractivity contribution is -0.122. The predicted octanol–water partition coefficient (Wildman–Crippen LogP) is 4.36. The van der Waals surface area contributed by atoms with Crippen molar-refractivity contribution in [1.29, 1.82) is 0 Å². The van der Waals surface area contributed by atoms with E-state index in [0.717, 1.165) is 14.8 Å². The van der Waals surface area contributed by atoms with Crippen molar-refractivity contribution < 1.29 is 4.79 Å². The van der Waals surface area contributed by atoms with Gasteiger partial charge in [0.2, 0.25) is 5.91 Å². The number of benzene rings is 1. The number of halogens is 2. The molecule has 0 fully saturated rings. The van der Waals surface area contributed by atoms with Crippen LogP contribution in [0.1, 0.15) is 23.4 Å². The number of carbonyl (C=O) groups excluding carboxylic acids is 1. The Morgan fingerprint density at radius 2 is 2.09 bits per heavy atom. The Hall–Kier alpha value is -1.07. The highest BCUT2D eigenvalue weighted by Gasteiger charge is 2.12. The Morgan fingerprint density at radius 1 is 1.32 bits per heavy atom. The number of nitrogens with zero attached hydrogens (tertiary/aromatic N) is 1. The van der Waals surface area contributed by atoms with Gasteiger partial charge in [0.05, 0.1) is 16.9 Å². The number of rotatable bonds is 6. The van der Waals surface area contributed by atoms with Crippen molar-refractivity contribution in [2.24, 2.45) is 0 Å². The summed E-state index contributed by atoms with van der Waals surface area (Å²) in [5, 5.41) is 3.65. The smallest absolute Gasteiger partial charge is 0.234 e. The number of amides is 1. The van der Waals surface area contributed by atoms with E-state index < -0.39 is 0 Å². The van der Waals surface area contributed by atoms with Gasteiger partial charge in [-0.15, -0.1) is 11.3 Å². The van der Waals surface area contributed by atoms with E-state index in [0.29, 0.717) is 18.1 Å². The van der Waals surface area contributed by atoms with E-state index in [1.165, 1.54) is 11.3 Å². The van der Waals surface area contributed by atoms with E-state index in [9.17, 15) is 4.79 Å². The van der Waals surface area contributed by atoms with E-state index in [2.05, 4.69) is 5.32 Å². The fraction of sp³-hybridized carbons (Fsp3) is 0.312. The van der Waals surface area contributed by atoms with Crippen LogP contribution in [0.15, 0.2) is 36.4 Å². The van der Waals surface area contributed by atoms with Gasteiger partial charge < -0.3 is 5.32 Å². The quantitative estimate of drug-likeness (QED) is 0.833. The highest BCUT2D eigenvalue weighted by atomic mass is 35.5. The second-order valence-electron chi connectivity index (χ2n) is 5.22. The molecule has 1 N–H and O–H groups in total. The largest absolute Gasteiger partial charge is 0.348 e. The Bertz CT molecular complexity index is 645. The molecule has 1 heterocycles. The summed E-state index contributed by atoms with van der Waals surface area (Å²) in [5.74, 6) is -0.0161. The summed E-state index contributed by atoms with van der Waals surface area (Å²) in [6, 6.07) is 11.3. The lowest BCUT2D eigenvalue weighted by Gasteiger charge is -2.19. The van der Waals surface area contributed by atoms with Crippen LogP contribution in [0.2, 0.25) is 9.36 Å². The maximum absolute atomic E-state index is 12.1. The Kier molecular flexibility index (Phi) is 6.26. The zero-order chi connectivity index (χ0) is 16.1. The van der Waals surface area contributed by atoms with Crippen LogP contribution in [0.4, 0.5) is 0 Å². The van der Waals surface area contributed by atoms with Gasteiger partial charge in [-0.2, -0.15) is 0 Å². The van der Waals surface area contributed by atoms with Crippen LogP contribution in [-0.4, -0.2) is 24.4 Å². The fourth-order valence-electron chi connectivity index (χ4n) is 2.15. The van der Waals surface area contributed by atoms with Crippen molar-refractivity contribution >= 4 is 40.4 Å². The first-order chi connectivity index (χ1) is 10.4. The first kappa shape index (κ1) is 17.3. The van der Waals surface area contributed by atoms with Gasteiger partial charge >= 0.3 is 0 Å². The summed E-state index contributed by atoms with van der Waals surface area (Å²) in [6.45, 7) is 2.99. The predicted molar refractivity (Wildman–Crippen MR) is 93.7 cm³/mol. The molecule has 118 valence electrons. The highest BCUT2D eigenvalue weighted by Crippen LogP contribution is 2.22. The van der Waals surface area contributed by atoms with Crippen LogP contribution in [-0.2, 0) is 11.3 Å². The summed E-state index contributed by atoms with van der Waals surface area (Å²) in [4.78, 5) is 15.2. The summed E-state index contributed by atoms with van der Waals surface area (Å²) in [6.07, 6.45) is 0. The molecule has 6 heteroatoms. The summed E-state index contributed by atoms with van der Waals surface area (Å²) < 4.78 is 0.766. The van der Waals surface area contributed by atoms with E-state index >= 15 is 0 Å². The zero-order valence-electron chi connectivity index (χ0n) is 12.5. The molecule has 1 aromatic carbocycles. The number of carbonyl (C=O) groups is 1. The Morgan fingerprint density at radius 3 is 2.73 bits per heavy atom. The molecule has 0 bridgehead atoms. The van der Waals surface area contributed by atoms with Crippen LogP contribution >= 0.6 is 34.5 Å². The number of nitrogens with one attached hydrogen (secondary N) is 1. The third-order valence-corrected chi connectivity index (χ3v) is 4.65. The molecule has 0 aliphatic carbocycles. The van der Waals surface area contributed by atoms with E-state index in [4.69, 9.17) is 23.2 Å². The van der Waals surface area contributed by atoms with Gasteiger partial charge in [-0.1, -0.05) is 35.3 Å². The molecule has 0 saturated heterocycles. The van der Waals surface area contributed by atoms with Crippen molar-refractivity contribution in [3.8, 4) is 0 Å². The minimum absolute atomic E-state index is 0.0161. The molecule has 0 aliphatic heterocycles. The standard InChI is InChI=1S/C16H18Cl2N2OS/c1-11(12-4-3-5-13(17)8-12)19-16(21)10-20(2)9-14-6-7-15(18)22-14/h3-8,11H,9-10H2,1-2H3,(H,19,21). The first-order valence-electron chi connectivity index (χ1n) is 6.91. The Labute approximate surface area is 144 Å². The molecule has 3 nitrogen and oxygen atoms in total. The van der Waals surface area contributed by atoms with E-state index in [-0.39, 0.29) is 11.9 Å². The van der Waals surface area contributed by atoms with Crippen molar-refractivity contribution in [3.63, 3.8) is 0 Å². The molecule has 0 radical (unpaired) electrons. The SMILES string of the molecule is CC(NC(=O)CN(C)Cc1ccc(Cl)s1)c1cccc(Cl)c1. The molecular weight excluding hydrogens is 339 g/mol. The normalized spacial score (nSPS) is 12.4. The molecule has 0 saturated carbocycles. The lowest BCUT2D eigenvalue weighted by atomic mass is 10.1.